The van der Waals surface area contributed by atoms with Gasteiger partial charge >= 0.3 is 5.43 Å². The Bertz CT molecular complexity index is 1020. The van der Waals surface area contributed by atoms with E-state index >= 15 is 0 Å². The summed E-state index contributed by atoms with van der Waals surface area (Å²) in [6, 6.07) is 11.3. The largest absolute Gasteiger partial charge is 0.478 e. The molecule has 2 aromatic heterocycles. The molecule has 0 spiro atoms. The van der Waals surface area contributed by atoms with Crippen LogP contribution in [0.5, 0.6) is 5.75 Å². The van der Waals surface area contributed by atoms with Gasteiger partial charge in [0.05, 0.1) is 5.69 Å². The number of aromatic nitrogens is 2. The molecule has 27 heavy (non-hydrogen) atoms. The first-order valence-electron chi connectivity index (χ1n) is 8.12. The SMILES string of the molecule is Cc1nc2c(O[C@@H]3c4ccccc4C[C@H]3OC(=O)Cl)cccn2c1C=O.Cl. The van der Waals surface area contributed by atoms with Gasteiger partial charge < -0.3 is 9.47 Å². The van der Waals surface area contributed by atoms with Crippen molar-refractivity contribution in [3.8, 4) is 5.75 Å². The van der Waals surface area contributed by atoms with Crippen molar-refractivity contribution in [3.05, 3.63) is 65.1 Å². The Balaban J connectivity index is 0.00000210. The quantitative estimate of drug-likeness (QED) is 0.477. The van der Waals surface area contributed by atoms with Crippen LogP contribution < -0.4 is 4.74 Å². The van der Waals surface area contributed by atoms with E-state index in [0.29, 0.717) is 29.2 Å². The smallest absolute Gasteiger partial charge is 0.404 e. The molecule has 2 heterocycles. The first-order valence-corrected chi connectivity index (χ1v) is 8.49. The zero-order chi connectivity index (χ0) is 18.3. The summed E-state index contributed by atoms with van der Waals surface area (Å²) < 4.78 is 13.1. The van der Waals surface area contributed by atoms with E-state index in [4.69, 9.17) is 21.1 Å². The molecule has 0 saturated heterocycles. The van der Waals surface area contributed by atoms with Gasteiger partial charge in [0.25, 0.3) is 0 Å². The summed E-state index contributed by atoms with van der Waals surface area (Å²) >= 11 is 5.43. The van der Waals surface area contributed by atoms with Gasteiger partial charge in [-0.15, -0.1) is 12.4 Å². The van der Waals surface area contributed by atoms with Crippen molar-refractivity contribution in [2.24, 2.45) is 0 Å². The standard InChI is InChI=1S/C19H15ClN2O4.ClH/c1-11-14(10-23)22-8-4-7-15(18(22)21-11)25-17-13-6-3-2-5-12(13)9-16(17)26-19(20)24;/h2-8,10,16-17H,9H2,1H3;1H/t16-,17-;/m1./s1. The van der Waals surface area contributed by atoms with E-state index in [0.717, 1.165) is 17.4 Å². The summed E-state index contributed by atoms with van der Waals surface area (Å²) in [5, 5.41) is 0. The molecule has 0 fully saturated rings. The topological polar surface area (TPSA) is 69.9 Å². The average molecular weight is 407 g/mol. The normalized spacial score (nSPS) is 17.9. The Morgan fingerprint density at radius 3 is 2.81 bits per heavy atom. The molecular formula is C19H16Cl2N2O4. The molecule has 3 aromatic rings. The van der Waals surface area contributed by atoms with Crippen molar-refractivity contribution in [3.63, 3.8) is 0 Å². The van der Waals surface area contributed by atoms with Gasteiger partial charge in [-0.1, -0.05) is 24.3 Å². The predicted molar refractivity (Wildman–Crippen MR) is 102 cm³/mol. The molecule has 1 aromatic carbocycles. The van der Waals surface area contributed by atoms with Crippen molar-refractivity contribution in [1.82, 2.24) is 9.38 Å². The first kappa shape index (κ1) is 19.2. The third-order valence-corrected chi connectivity index (χ3v) is 4.65. The second-order valence-electron chi connectivity index (χ2n) is 6.10. The minimum absolute atomic E-state index is 0. The Morgan fingerprint density at radius 1 is 1.30 bits per heavy atom. The highest BCUT2D eigenvalue weighted by Gasteiger charge is 2.37. The molecule has 1 aliphatic carbocycles. The molecule has 2 atom stereocenters. The van der Waals surface area contributed by atoms with Crippen LogP contribution in [-0.4, -0.2) is 27.2 Å². The van der Waals surface area contributed by atoms with Crippen LogP contribution in [0.15, 0.2) is 42.6 Å². The molecule has 0 N–H and O–H groups in total. The minimum Gasteiger partial charge on any atom is -0.478 e. The number of pyridine rings is 1. The summed E-state index contributed by atoms with van der Waals surface area (Å²) in [6.45, 7) is 1.77. The van der Waals surface area contributed by atoms with Crippen LogP contribution in [0.25, 0.3) is 5.65 Å². The van der Waals surface area contributed by atoms with Gasteiger partial charge in [0.15, 0.2) is 23.8 Å². The molecule has 0 radical (unpaired) electrons. The maximum Gasteiger partial charge on any atom is 0.404 e. The monoisotopic (exact) mass is 406 g/mol. The van der Waals surface area contributed by atoms with Gasteiger partial charge in [-0.3, -0.25) is 9.20 Å². The van der Waals surface area contributed by atoms with Crippen molar-refractivity contribution in [1.29, 1.82) is 0 Å². The van der Waals surface area contributed by atoms with Crippen LogP contribution in [0, 0.1) is 6.92 Å². The van der Waals surface area contributed by atoms with E-state index in [9.17, 15) is 9.59 Å². The van der Waals surface area contributed by atoms with E-state index in [1.807, 2.05) is 24.3 Å². The van der Waals surface area contributed by atoms with Crippen molar-refractivity contribution in [2.75, 3.05) is 0 Å². The van der Waals surface area contributed by atoms with Crippen molar-refractivity contribution >= 4 is 41.4 Å². The maximum atomic E-state index is 11.3. The van der Waals surface area contributed by atoms with Gasteiger partial charge in [-0.2, -0.15) is 0 Å². The van der Waals surface area contributed by atoms with Crippen LogP contribution in [-0.2, 0) is 11.2 Å². The predicted octanol–water partition coefficient (Wildman–Crippen LogP) is 4.30. The number of benzene rings is 1. The number of rotatable bonds is 4. The fourth-order valence-electron chi connectivity index (χ4n) is 3.43. The van der Waals surface area contributed by atoms with Crippen LogP contribution in [0.2, 0.25) is 0 Å². The van der Waals surface area contributed by atoms with Gasteiger partial charge in [0.2, 0.25) is 0 Å². The fraction of sp³-hybridized carbons (Fsp3) is 0.211. The van der Waals surface area contributed by atoms with E-state index in [-0.39, 0.29) is 12.4 Å². The molecular weight excluding hydrogens is 391 g/mol. The highest BCUT2D eigenvalue weighted by Crippen LogP contribution is 2.38. The number of halogens is 2. The Hall–Kier alpha value is -2.57. The third kappa shape index (κ3) is 3.38. The van der Waals surface area contributed by atoms with Crippen LogP contribution in [0.3, 0.4) is 0 Å². The highest BCUT2D eigenvalue weighted by atomic mass is 35.5. The van der Waals surface area contributed by atoms with Gasteiger partial charge in [0.1, 0.15) is 11.8 Å². The highest BCUT2D eigenvalue weighted by molar-refractivity contribution is 6.61. The van der Waals surface area contributed by atoms with E-state index in [2.05, 4.69) is 4.98 Å². The number of carbonyl (C=O) groups is 2. The first-order chi connectivity index (χ1) is 12.6. The Morgan fingerprint density at radius 2 is 2.07 bits per heavy atom. The molecule has 1 aliphatic rings. The molecule has 0 aliphatic heterocycles. The maximum absolute atomic E-state index is 11.3. The van der Waals surface area contributed by atoms with Crippen molar-refractivity contribution < 1.29 is 19.1 Å². The number of hydrogen-bond acceptors (Lipinski definition) is 5. The minimum atomic E-state index is -0.866. The summed E-state index contributed by atoms with van der Waals surface area (Å²) in [7, 11) is 0. The van der Waals surface area contributed by atoms with E-state index in [1.54, 1.807) is 29.7 Å². The van der Waals surface area contributed by atoms with Gasteiger partial charge in [0, 0.05) is 24.2 Å². The number of aldehydes is 1. The van der Waals surface area contributed by atoms with Crippen LogP contribution >= 0.6 is 24.0 Å². The average Bonchev–Trinajstić information content (AvgIpc) is 3.12. The second kappa shape index (κ2) is 7.58. The number of carbonyl (C=O) groups excluding carboxylic acids is 2. The lowest BCUT2D eigenvalue weighted by Crippen LogP contribution is -2.24. The Kier molecular flexibility index (Phi) is 5.39. The lowest BCUT2D eigenvalue weighted by molar-refractivity contribution is 0.0388. The van der Waals surface area contributed by atoms with Gasteiger partial charge in [-0.25, -0.2) is 9.78 Å². The van der Waals surface area contributed by atoms with Crippen LogP contribution in [0.1, 0.15) is 33.4 Å². The number of fused-ring (bicyclic) bond motifs is 2. The number of imidazole rings is 1. The van der Waals surface area contributed by atoms with Crippen molar-refractivity contribution in [2.45, 2.75) is 25.6 Å². The molecule has 140 valence electrons. The summed E-state index contributed by atoms with van der Waals surface area (Å²) in [5.41, 5.74) is 2.74. The summed E-state index contributed by atoms with van der Waals surface area (Å²) in [6.07, 6.45) is 2.01. The molecule has 0 unspecified atom stereocenters. The summed E-state index contributed by atoms with van der Waals surface area (Å²) in [4.78, 5) is 27.0. The Labute approximate surface area is 166 Å². The van der Waals surface area contributed by atoms with E-state index < -0.39 is 17.6 Å². The second-order valence-corrected chi connectivity index (χ2v) is 6.41. The molecule has 6 nitrogen and oxygen atoms in total. The number of hydrogen-bond donors (Lipinski definition) is 0. The van der Waals surface area contributed by atoms with E-state index in [1.165, 1.54) is 0 Å². The molecule has 0 saturated carbocycles. The zero-order valence-corrected chi connectivity index (χ0v) is 15.9. The fourth-order valence-corrected chi connectivity index (χ4v) is 3.54. The lowest BCUT2D eigenvalue weighted by Gasteiger charge is -2.21. The molecule has 8 heteroatoms. The zero-order valence-electron chi connectivity index (χ0n) is 14.3. The molecule has 0 bridgehead atoms. The molecule has 4 rings (SSSR count). The third-order valence-electron chi connectivity index (χ3n) is 4.57. The summed E-state index contributed by atoms with van der Waals surface area (Å²) in [5.74, 6) is 0.501. The van der Waals surface area contributed by atoms with Gasteiger partial charge in [-0.05, 0) is 30.2 Å². The molecule has 0 amide bonds. The number of ether oxygens (including phenoxy) is 2. The number of nitrogens with zero attached hydrogens (tertiary/aromatic N) is 2. The number of aryl methyl sites for hydroxylation is 1. The lowest BCUT2D eigenvalue weighted by atomic mass is 10.1. The van der Waals surface area contributed by atoms with Crippen LogP contribution in [0.4, 0.5) is 4.79 Å².